The maximum atomic E-state index is 11.6. The summed E-state index contributed by atoms with van der Waals surface area (Å²) in [4.78, 5) is 13.7. The number of carbonyl (C=O) groups excluding carboxylic acids is 1. The first-order chi connectivity index (χ1) is 10.1. The van der Waals surface area contributed by atoms with Crippen molar-refractivity contribution in [3.8, 4) is 5.75 Å². The number of carbonyl (C=O) groups is 1. The molecule has 0 unspecified atom stereocenters. The third-order valence-corrected chi connectivity index (χ3v) is 4.61. The maximum absolute atomic E-state index is 11.6. The first-order valence-corrected chi connectivity index (χ1v) is 8.32. The smallest absolute Gasteiger partial charge is 0.338 e. The lowest BCUT2D eigenvalue weighted by molar-refractivity contribution is 0.0526. The van der Waals surface area contributed by atoms with Crippen LogP contribution in [-0.2, 0) is 4.74 Å². The summed E-state index contributed by atoms with van der Waals surface area (Å²) in [5, 5.41) is 0. The van der Waals surface area contributed by atoms with Gasteiger partial charge in [0.05, 0.1) is 22.9 Å². The van der Waals surface area contributed by atoms with E-state index in [0.29, 0.717) is 12.2 Å². The molecule has 0 N–H and O–H groups in total. The highest BCUT2D eigenvalue weighted by molar-refractivity contribution is 14.1. The van der Waals surface area contributed by atoms with Gasteiger partial charge < -0.3 is 9.47 Å². The van der Waals surface area contributed by atoms with Crippen LogP contribution in [0.3, 0.4) is 0 Å². The number of benzene rings is 2. The van der Waals surface area contributed by atoms with Gasteiger partial charge in [-0.15, -0.1) is 0 Å². The van der Waals surface area contributed by atoms with Gasteiger partial charge in [-0.1, -0.05) is 11.8 Å². The van der Waals surface area contributed by atoms with Crippen LogP contribution >= 0.6 is 34.4 Å². The maximum Gasteiger partial charge on any atom is 0.338 e. The molecule has 0 spiro atoms. The van der Waals surface area contributed by atoms with Gasteiger partial charge >= 0.3 is 5.97 Å². The van der Waals surface area contributed by atoms with E-state index in [1.165, 1.54) is 0 Å². The SMILES string of the molecule is CCOC(=O)c1ccc(Sc2ccc(I)c(OC)c2)cc1. The van der Waals surface area contributed by atoms with E-state index in [1.54, 1.807) is 37.9 Å². The van der Waals surface area contributed by atoms with Gasteiger partial charge in [0.25, 0.3) is 0 Å². The Kier molecular flexibility index (Phi) is 5.93. The largest absolute Gasteiger partial charge is 0.496 e. The summed E-state index contributed by atoms with van der Waals surface area (Å²) in [5.41, 5.74) is 0.571. The molecule has 2 rings (SSSR count). The van der Waals surface area contributed by atoms with Gasteiger partial charge in [0.1, 0.15) is 5.75 Å². The lowest BCUT2D eigenvalue weighted by Crippen LogP contribution is -2.03. The van der Waals surface area contributed by atoms with Gasteiger partial charge in [0.2, 0.25) is 0 Å². The van der Waals surface area contributed by atoms with Crippen molar-refractivity contribution in [1.82, 2.24) is 0 Å². The summed E-state index contributed by atoms with van der Waals surface area (Å²) in [7, 11) is 1.67. The van der Waals surface area contributed by atoms with Gasteiger partial charge in [-0.2, -0.15) is 0 Å². The molecule has 0 bridgehead atoms. The van der Waals surface area contributed by atoms with Crippen molar-refractivity contribution in [2.75, 3.05) is 13.7 Å². The van der Waals surface area contributed by atoms with Crippen LogP contribution in [0.2, 0.25) is 0 Å². The standard InChI is InChI=1S/C16H15IO3S/c1-3-20-16(18)11-4-6-12(7-5-11)21-13-8-9-14(17)15(10-13)19-2/h4-10H,3H2,1-2H3. The molecule has 2 aromatic rings. The summed E-state index contributed by atoms with van der Waals surface area (Å²) in [6, 6.07) is 13.5. The minimum absolute atomic E-state index is 0.287. The van der Waals surface area contributed by atoms with Crippen LogP contribution in [0.15, 0.2) is 52.3 Å². The van der Waals surface area contributed by atoms with Crippen molar-refractivity contribution in [2.45, 2.75) is 16.7 Å². The topological polar surface area (TPSA) is 35.5 Å². The highest BCUT2D eigenvalue weighted by atomic mass is 127. The van der Waals surface area contributed by atoms with Gasteiger partial charge in [0, 0.05) is 9.79 Å². The van der Waals surface area contributed by atoms with E-state index in [1.807, 2.05) is 30.3 Å². The van der Waals surface area contributed by atoms with E-state index in [-0.39, 0.29) is 5.97 Å². The Bertz CT molecular complexity index is 626. The van der Waals surface area contributed by atoms with E-state index in [9.17, 15) is 4.79 Å². The van der Waals surface area contributed by atoms with Crippen LogP contribution in [0.4, 0.5) is 0 Å². The fraction of sp³-hybridized carbons (Fsp3) is 0.188. The Balaban J connectivity index is 2.11. The monoisotopic (exact) mass is 414 g/mol. The minimum Gasteiger partial charge on any atom is -0.496 e. The summed E-state index contributed by atoms with van der Waals surface area (Å²) < 4.78 is 11.4. The average molecular weight is 414 g/mol. The fourth-order valence-electron chi connectivity index (χ4n) is 1.71. The van der Waals surface area contributed by atoms with E-state index < -0.39 is 0 Å². The first kappa shape index (κ1) is 16.2. The second-order valence-electron chi connectivity index (χ2n) is 4.14. The van der Waals surface area contributed by atoms with Crippen LogP contribution in [0.25, 0.3) is 0 Å². The van der Waals surface area contributed by atoms with Crippen molar-refractivity contribution in [3.05, 3.63) is 51.6 Å². The van der Waals surface area contributed by atoms with Gasteiger partial charge in [-0.25, -0.2) is 4.79 Å². The normalized spacial score (nSPS) is 10.2. The van der Waals surface area contributed by atoms with Gasteiger partial charge in [-0.05, 0) is 72.0 Å². The minimum atomic E-state index is -0.287. The summed E-state index contributed by atoms with van der Waals surface area (Å²) in [6.07, 6.45) is 0. The second-order valence-corrected chi connectivity index (χ2v) is 6.45. The van der Waals surface area contributed by atoms with Crippen LogP contribution in [0.5, 0.6) is 5.75 Å². The zero-order valence-electron chi connectivity index (χ0n) is 11.8. The zero-order chi connectivity index (χ0) is 15.2. The summed E-state index contributed by atoms with van der Waals surface area (Å²) in [5.74, 6) is 0.578. The summed E-state index contributed by atoms with van der Waals surface area (Å²) >= 11 is 3.87. The molecule has 0 atom stereocenters. The molecule has 0 fully saturated rings. The molecule has 0 heterocycles. The highest BCUT2D eigenvalue weighted by Gasteiger charge is 2.07. The van der Waals surface area contributed by atoms with Crippen molar-refractivity contribution in [3.63, 3.8) is 0 Å². The number of rotatable bonds is 5. The third kappa shape index (κ3) is 4.38. The number of methoxy groups -OCH3 is 1. The molecule has 0 aliphatic carbocycles. The molecule has 0 aliphatic heterocycles. The van der Waals surface area contributed by atoms with Crippen molar-refractivity contribution in [2.24, 2.45) is 0 Å². The molecule has 0 saturated carbocycles. The zero-order valence-corrected chi connectivity index (χ0v) is 14.7. The van der Waals surface area contributed by atoms with E-state index in [0.717, 1.165) is 19.1 Å². The second kappa shape index (κ2) is 7.70. The number of hydrogen-bond acceptors (Lipinski definition) is 4. The first-order valence-electron chi connectivity index (χ1n) is 6.42. The molecule has 0 aromatic heterocycles. The Hall–Kier alpha value is -1.21. The molecule has 3 nitrogen and oxygen atoms in total. The van der Waals surface area contributed by atoms with Crippen LogP contribution < -0.4 is 4.74 Å². The van der Waals surface area contributed by atoms with E-state index in [4.69, 9.17) is 9.47 Å². The van der Waals surface area contributed by atoms with Crippen LogP contribution in [0, 0.1) is 3.57 Å². The fourth-order valence-corrected chi connectivity index (χ4v) is 3.12. The lowest BCUT2D eigenvalue weighted by atomic mass is 10.2. The molecule has 0 aliphatic rings. The van der Waals surface area contributed by atoms with Crippen molar-refractivity contribution >= 4 is 40.3 Å². The Morgan fingerprint density at radius 3 is 2.43 bits per heavy atom. The van der Waals surface area contributed by atoms with Crippen molar-refractivity contribution < 1.29 is 14.3 Å². The number of hydrogen-bond donors (Lipinski definition) is 0. The van der Waals surface area contributed by atoms with Crippen LogP contribution in [-0.4, -0.2) is 19.7 Å². The number of ether oxygens (including phenoxy) is 2. The highest BCUT2D eigenvalue weighted by Crippen LogP contribution is 2.32. The number of esters is 1. The molecule has 5 heteroatoms. The van der Waals surface area contributed by atoms with Gasteiger partial charge in [-0.3, -0.25) is 0 Å². The van der Waals surface area contributed by atoms with Crippen LogP contribution in [0.1, 0.15) is 17.3 Å². The van der Waals surface area contributed by atoms with Crippen molar-refractivity contribution in [1.29, 1.82) is 0 Å². The predicted octanol–water partition coefficient (Wildman–Crippen LogP) is 4.63. The molecule has 0 radical (unpaired) electrons. The predicted molar refractivity (Wildman–Crippen MR) is 92.2 cm³/mol. The average Bonchev–Trinajstić information content (AvgIpc) is 2.50. The summed E-state index contributed by atoms with van der Waals surface area (Å²) in [6.45, 7) is 2.18. The lowest BCUT2D eigenvalue weighted by Gasteiger charge is -2.07. The van der Waals surface area contributed by atoms with Gasteiger partial charge in [0.15, 0.2) is 0 Å². The van der Waals surface area contributed by atoms with E-state index in [2.05, 4.69) is 22.6 Å². The molecule has 0 saturated heterocycles. The Morgan fingerprint density at radius 2 is 1.81 bits per heavy atom. The molecular weight excluding hydrogens is 399 g/mol. The molecular formula is C16H15IO3S. The molecule has 110 valence electrons. The van der Waals surface area contributed by atoms with E-state index >= 15 is 0 Å². The number of halogens is 1. The molecule has 0 amide bonds. The molecule has 21 heavy (non-hydrogen) atoms. The third-order valence-electron chi connectivity index (χ3n) is 2.72. The Morgan fingerprint density at radius 1 is 1.14 bits per heavy atom. The Labute approximate surface area is 142 Å². The molecule has 2 aromatic carbocycles. The quantitative estimate of drug-likeness (QED) is 0.528.